The maximum atomic E-state index is 10.8. The summed E-state index contributed by atoms with van der Waals surface area (Å²) in [6.45, 7) is 0.464. The van der Waals surface area contributed by atoms with E-state index >= 15 is 0 Å². The second-order valence-electron chi connectivity index (χ2n) is 4.16. The van der Waals surface area contributed by atoms with Crippen LogP contribution in [0.5, 0.6) is 5.75 Å². The molecule has 1 saturated carbocycles. The molecule has 1 aromatic rings. The third-order valence-corrected chi connectivity index (χ3v) is 2.69. The number of nitrogens with zero attached hydrogens (tertiary/aromatic N) is 2. The van der Waals surface area contributed by atoms with Gasteiger partial charge in [0.15, 0.2) is 12.4 Å². The highest BCUT2D eigenvalue weighted by Gasteiger charge is 2.21. The average Bonchev–Trinajstić information content (AvgIpc) is 3.17. The van der Waals surface area contributed by atoms with Crippen molar-refractivity contribution in [1.29, 1.82) is 5.26 Å². The van der Waals surface area contributed by atoms with Gasteiger partial charge in [0, 0.05) is 18.7 Å². The lowest BCUT2D eigenvalue weighted by molar-refractivity contribution is -0.385. The Morgan fingerprint density at radius 1 is 1.56 bits per heavy atom. The van der Waals surface area contributed by atoms with Crippen molar-refractivity contribution in [3.63, 3.8) is 0 Å². The predicted octanol–water partition coefficient (Wildman–Crippen LogP) is 1.75. The van der Waals surface area contributed by atoms with Gasteiger partial charge in [0.1, 0.15) is 6.07 Å². The molecule has 0 bridgehead atoms. The number of nitro groups is 1. The van der Waals surface area contributed by atoms with Crippen LogP contribution in [0.4, 0.5) is 5.69 Å². The number of nitrogens with one attached hydrogen (secondary N) is 1. The SMILES string of the molecule is N#CCOc1cc(CNC2CC2)ccc1[N+](=O)[O-]. The fraction of sp³-hybridized carbons (Fsp3) is 0.417. The van der Waals surface area contributed by atoms with Gasteiger partial charge in [0.05, 0.1) is 4.92 Å². The van der Waals surface area contributed by atoms with Crippen LogP contribution in [0.3, 0.4) is 0 Å². The molecule has 0 radical (unpaired) electrons. The fourth-order valence-corrected chi connectivity index (χ4v) is 1.59. The maximum Gasteiger partial charge on any atom is 0.310 e. The molecule has 1 aliphatic carbocycles. The third kappa shape index (κ3) is 3.18. The van der Waals surface area contributed by atoms with Gasteiger partial charge < -0.3 is 10.1 Å². The molecular formula is C12H13N3O3. The molecule has 6 heteroatoms. The molecule has 0 saturated heterocycles. The minimum absolute atomic E-state index is 0.111. The van der Waals surface area contributed by atoms with Gasteiger partial charge in [0.2, 0.25) is 0 Å². The Balaban J connectivity index is 2.11. The molecule has 1 aromatic carbocycles. The van der Waals surface area contributed by atoms with Gasteiger partial charge in [-0.1, -0.05) is 6.07 Å². The van der Waals surface area contributed by atoms with Crippen LogP contribution < -0.4 is 10.1 Å². The largest absolute Gasteiger partial charge is 0.472 e. The van der Waals surface area contributed by atoms with Gasteiger partial charge in [0.25, 0.3) is 0 Å². The number of benzene rings is 1. The fourth-order valence-electron chi connectivity index (χ4n) is 1.59. The molecular weight excluding hydrogens is 234 g/mol. The molecule has 0 unspecified atom stereocenters. The summed E-state index contributed by atoms with van der Waals surface area (Å²) in [5.74, 6) is 0.150. The summed E-state index contributed by atoms with van der Waals surface area (Å²) >= 11 is 0. The molecule has 0 spiro atoms. The molecule has 0 aromatic heterocycles. The van der Waals surface area contributed by atoms with E-state index in [0.29, 0.717) is 12.6 Å². The van der Waals surface area contributed by atoms with Crippen LogP contribution >= 0.6 is 0 Å². The highest BCUT2D eigenvalue weighted by atomic mass is 16.6. The molecule has 0 heterocycles. The molecule has 1 aliphatic rings. The van der Waals surface area contributed by atoms with Gasteiger partial charge in [-0.3, -0.25) is 10.1 Å². The van der Waals surface area contributed by atoms with Crippen LogP contribution in [0.15, 0.2) is 18.2 Å². The summed E-state index contributed by atoms with van der Waals surface area (Å²) < 4.78 is 5.08. The van der Waals surface area contributed by atoms with Crippen molar-refractivity contribution in [2.24, 2.45) is 0 Å². The number of rotatable bonds is 6. The Bertz CT molecular complexity index is 492. The van der Waals surface area contributed by atoms with Gasteiger partial charge in [-0.25, -0.2) is 0 Å². The number of nitriles is 1. The smallest absolute Gasteiger partial charge is 0.310 e. The quantitative estimate of drug-likeness (QED) is 0.611. The van der Waals surface area contributed by atoms with Crippen molar-refractivity contribution in [2.75, 3.05) is 6.61 Å². The van der Waals surface area contributed by atoms with Gasteiger partial charge >= 0.3 is 5.69 Å². The Labute approximate surface area is 104 Å². The second kappa shape index (κ2) is 5.47. The first-order valence-electron chi connectivity index (χ1n) is 5.71. The first-order chi connectivity index (χ1) is 8.70. The van der Waals surface area contributed by atoms with E-state index in [9.17, 15) is 10.1 Å². The lowest BCUT2D eigenvalue weighted by Crippen LogP contribution is -2.15. The number of hydrogen-bond donors (Lipinski definition) is 1. The first-order valence-corrected chi connectivity index (χ1v) is 5.71. The average molecular weight is 247 g/mol. The molecule has 1 N–H and O–H groups in total. The first kappa shape index (κ1) is 12.3. The van der Waals surface area contributed by atoms with Crippen molar-refractivity contribution in [3.05, 3.63) is 33.9 Å². The lowest BCUT2D eigenvalue weighted by Gasteiger charge is -2.07. The third-order valence-electron chi connectivity index (χ3n) is 2.69. The summed E-state index contributed by atoms with van der Waals surface area (Å²) in [5.41, 5.74) is 0.806. The molecule has 0 atom stereocenters. The van der Waals surface area contributed by atoms with Crippen molar-refractivity contribution in [2.45, 2.75) is 25.4 Å². The molecule has 2 rings (SSSR count). The Morgan fingerprint density at radius 2 is 2.33 bits per heavy atom. The molecule has 0 aliphatic heterocycles. The van der Waals surface area contributed by atoms with Crippen molar-refractivity contribution in [1.82, 2.24) is 5.32 Å². The Kier molecular flexibility index (Phi) is 3.75. The van der Waals surface area contributed by atoms with Crippen LogP contribution in [0, 0.1) is 21.4 Å². The summed E-state index contributed by atoms with van der Waals surface area (Å²) in [6, 6.07) is 7.10. The van der Waals surface area contributed by atoms with E-state index in [1.807, 2.05) is 0 Å². The highest BCUT2D eigenvalue weighted by molar-refractivity contribution is 5.48. The number of hydrogen-bond acceptors (Lipinski definition) is 5. The normalized spacial score (nSPS) is 13.9. The molecule has 94 valence electrons. The topological polar surface area (TPSA) is 88.2 Å². The van der Waals surface area contributed by atoms with E-state index in [1.165, 1.54) is 18.9 Å². The minimum Gasteiger partial charge on any atom is -0.472 e. The van der Waals surface area contributed by atoms with Gasteiger partial charge in [-0.05, 0) is 24.5 Å². The van der Waals surface area contributed by atoms with E-state index in [-0.39, 0.29) is 18.0 Å². The minimum atomic E-state index is -0.509. The molecule has 0 amide bonds. The molecule has 1 fully saturated rings. The predicted molar refractivity (Wildman–Crippen MR) is 64.1 cm³/mol. The van der Waals surface area contributed by atoms with Crippen molar-refractivity contribution >= 4 is 5.69 Å². The monoisotopic (exact) mass is 247 g/mol. The van der Waals surface area contributed by atoms with E-state index in [2.05, 4.69) is 5.32 Å². The van der Waals surface area contributed by atoms with E-state index in [4.69, 9.17) is 10.00 Å². The summed E-state index contributed by atoms with van der Waals surface area (Å²) in [6.07, 6.45) is 2.37. The second-order valence-corrected chi connectivity index (χ2v) is 4.16. The van der Waals surface area contributed by atoms with Crippen LogP contribution in [0.25, 0.3) is 0 Å². The molecule has 6 nitrogen and oxygen atoms in total. The zero-order chi connectivity index (χ0) is 13.0. The summed E-state index contributed by atoms with van der Waals surface area (Å²) in [7, 11) is 0. The van der Waals surface area contributed by atoms with E-state index < -0.39 is 4.92 Å². The van der Waals surface area contributed by atoms with Crippen LogP contribution in [-0.2, 0) is 6.54 Å². The van der Waals surface area contributed by atoms with Crippen LogP contribution in [-0.4, -0.2) is 17.6 Å². The van der Waals surface area contributed by atoms with Crippen molar-refractivity contribution < 1.29 is 9.66 Å². The summed E-state index contributed by atoms with van der Waals surface area (Å²) in [5, 5.41) is 22.6. The maximum absolute atomic E-state index is 10.8. The van der Waals surface area contributed by atoms with Crippen LogP contribution in [0.2, 0.25) is 0 Å². The lowest BCUT2D eigenvalue weighted by atomic mass is 10.2. The molecule has 18 heavy (non-hydrogen) atoms. The van der Waals surface area contributed by atoms with Gasteiger partial charge in [-0.15, -0.1) is 0 Å². The zero-order valence-electron chi connectivity index (χ0n) is 9.76. The van der Waals surface area contributed by atoms with Crippen molar-refractivity contribution in [3.8, 4) is 11.8 Å². The number of ether oxygens (including phenoxy) is 1. The number of nitro benzene ring substituents is 1. The van der Waals surface area contributed by atoms with E-state index in [1.54, 1.807) is 18.2 Å². The van der Waals surface area contributed by atoms with E-state index in [0.717, 1.165) is 5.56 Å². The Morgan fingerprint density at radius 3 is 2.94 bits per heavy atom. The zero-order valence-corrected chi connectivity index (χ0v) is 9.76. The highest BCUT2D eigenvalue weighted by Crippen LogP contribution is 2.28. The Hall–Kier alpha value is -2.13. The summed E-state index contributed by atoms with van der Waals surface area (Å²) in [4.78, 5) is 10.3. The van der Waals surface area contributed by atoms with Gasteiger partial charge in [-0.2, -0.15) is 5.26 Å². The standard InChI is InChI=1S/C12H13N3O3/c13-5-6-18-12-7-9(8-14-10-2-3-10)1-4-11(12)15(16)17/h1,4,7,10,14H,2-3,6,8H2. The van der Waals surface area contributed by atoms with Crippen LogP contribution in [0.1, 0.15) is 18.4 Å².